The lowest BCUT2D eigenvalue weighted by Gasteiger charge is -2.13. The fourth-order valence-corrected chi connectivity index (χ4v) is 2.03. The van der Waals surface area contributed by atoms with Crippen LogP contribution in [0.1, 0.15) is 28.9 Å². The van der Waals surface area contributed by atoms with Crippen LogP contribution in [0.3, 0.4) is 0 Å². The molecule has 1 aromatic carbocycles. The quantitative estimate of drug-likeness (QED) is 0.918. The zero-order valence-corrected chi connectivity index (χ0v) is 12.0. The Morgan fingerprint density at radius 3 is 2.56 bits per heavy atom. The number of hydrogen-bond donors (Lipinski definition) is 1. The number of nitrogens with one attached hydrogen (secondary N) is 1. The van der Waals surface area contributed by atoms with Gasteiger partial charge in [0.2, 0.25) is 5.22 Å². The van der Waals surface area contributed by atoms with Crippen LogP contribution >= 0.6 is 27.5 Å². The lowest BCUT2D eigenvalue weighted by atomic mass is 10.1. The second kappa shape index (κ2) is 5.59. The molecule has 1 amide bonds. The maximum absolute atomic E-state index is 11.9. The van der Waals surface area contributed by atoms with Gasteiger partial charge >= 0.3 is 0 Å². The highest BCUT2D eigenvalue weighted by atomic mass is 79.9. The van der Waals surface area contributed by atoms with E-state index in [2.05, 4.69) is 21.2 Å². The van der Waals surface area contributed by atoms with Crippen LogP contribution in [0.4, 0.5) is 0 Å². The van der Waals surface area contributed by atoms with Gasteiger partial charge in [0.15, 0.2) is 0 Å². The van der Waals surface area contributed by atoms with Gasteiger partial charge < -0.3 is 9.73 Å². The SMILES string of the molecule is CC(NC(=O)c1ccoc1Cl)c1ccc(Br)cc1. The third kappa shape index (κ3) is 2.94. The van der Waals surface area contributed by atoms with E-state index in [1.807, 2.05) is 31.2 Å². The van der Waals surface area contributed by atoms with Crippen LogP contribution in [0, 0.1) is 0 Å². The first-order valence-corrected chi connectivity index (χ1v) is 6.54. The predicted molar refractivity (Wildman–Crippen MR) is 73.7 cm³/mol. The summed E-state index contributed by atoms with van der Waals surface area (Å²) in [6, 6.07) is 9.21. The van der Waals surface area contributed by atoms with Gasteiger partial charge in [0.1, 0.15) is 0 Å². The van der Waals surface area contributed by atoms with Crippen molar-refractivity contribution >= 4 is 33.4 Å². The smallest absolute Gasteiger partial charge is 0.256 e. The molecular weight excluding hydrogens is 318 g/mol. The summed E-state index contributed by atoms with van der Waals surface area (Å²) in [6.07, 6.45) is 1.39. The molecule has 0 bridgehead atoms. The zero-order valence-electron chi connectivity index (χ0n) is 9.61. The molecule has 2 aromatic rings. The summed E-state index contributed by atoms with van der Waals surface area (Å²) in [5, 5.41) is 2.97. The van der Waals surface area contributed by atoms with Crippen LogP contribution < -0.4 is 5.32 Å². The highest BCUT2D eigenvalue weighted by Gasteiger charge is 2.15. The molecule has 0 aliphatic rings. The highest BCUT2D eigenvalue weighted by Crippen LogP contribution is 2.20. The molecule has 3 nitrogen and oxygen atoms in total. The Bertz CT molecular complexity index is 550. The number of halogens is 2. The van der Waals surface area contributed by atoms with E-state index in [1.165, 1.54) is 6.26 Å². The number of rotatable bonds is 3. The van der Waals surface area contributed by atoms with Gasteiger partial charge in [-0.05, 0) is 42.3 Å². The van der Waals surface area contributed by atoms with E-state index in [1.54, 1.807) is 6.07 Å². The molecule has 0 aliphatic heterocycles. The van der Waals surface area contributed by atoms with Gasteiger partial charge in [-0.25, -0.2) is 0 Å². The van der Waals surface area contributed by atoms with Gasteiger partial charge in [-0.3, -0.25) is 4.79 Å². The normalized spacial score (nSPS) is 12.2. The van der Waals surface area contributed by atoms with Gasteiger partial charge in [0, 0.05) is 4.47 Å². The zero-order chi connectivity index (χ0) is 13.1. The number of carbonyl (C=O) groups is 1. The Hall–Kier alpha value is -1.26. The van der Waals surface area contributed by atoms with Crippen molar-refractivity contribution in [2.75, 3.05) is 0 Å². The average Bonchev–Trinajstić information content (AvgIpc) is 2.76. The molecule has 0 spiro atoms. The van der Waals surface area contributed by atoms with Crippen LogP contribution in [0.15, 0.2) is 45.5 Å². The molecule has 0 fully saturated rings. The van der Waals surface area contributed by atoms with E-state index >= 15 is 0 Å². The van der Waals surface area contributed by atoms with Gasteiger partial charge in [-0.1, -0.05) is 28.1 Å². The van der Waals surface area contributed by atoms with Crippen LogP contribution in [0.2, 0.25) is 5.22 Å². The van der Waals surface area contributed by atoms with Crippen LogP contribution in [0.5, 0.6) is 0 Å². The maximum Gasteiger partial charge on any atom is 0.256 e. The molecule has 5 heteroatoms. The second-order valence-corrected chi connectivity index (χ2v) is 5.11. The Kier molecular flexibility index (Phi) is 4.09. The molecule has 2 rings (SSSR count). The number of benzene rings is 1. The summed E-state index contributed by atoms with van der Waals surface area (Å²) >= 11 is 9.12. The van der Waals surface area contributed by atoms with Crippen molar-refractivity contribution in [2.24, 2.45) is 0 Å². The molecule has 18 heavy (non-hydrogen) atoms. The van der Waals surface area contributed by atoms with Gasteiger partial charge in [-0.2, -0.15) is 0 Å². The topological polar surface area (TPSA) is 42.2 Å². The molecule has 1 aromatic heterocycles. The van der Waals surface area contributed by atoms with Crippen molar-refractivity contribution < 1.29 is 9.21 Å². The summed E-state index contributed by atoms with van der Waals surface area (Å²) in [5.41, 5.74) is 1.37. The minimum absolute atomic E-state index is 0.100. The third-order valence-corrected chi connectivity index (χ3v) is 3.40. The molecule has 1 unspecified atom stereocenters. The molecule has 0 saturated carbocycles. The van der Waals surface area contributed by atoms with E-state index in [0.29, 0.717) is 5.56 Å². The van der Waals surface area contributed by atoms with Crippen molar-refractivity contribution in [3.05, 3.63) is 57.4 Å². The van der Waals surface area contributed by atoms with Crippen molar-refractivity contribution in [3.8, 4) is 0 Å². The number of amides is 1. The summed E-state index contributed by atoms with van der Waals surface area (Å²) in [5.74, 6) is -0.246. The minimum atomic E-state index is -0.246. The Morgan fingerprint density at radius 1 is 1.33 bits per heavy atom. The van der Waals surface area contributed by atoms with E-state index in [0.717, 1.165) is 10.0 Å². The second-order valence-electron chi connectivity index (χ2n) is 3.85. The van der Waals surface area contributed by atoms with Crippen LogP contribution in [0.25, 0.3) is 0 Å². The van der Waals surface area contributed by atoms with Crippen molar-refractivity contribution in [1.82, 2.24) is 5.32 Å². The van der Waals surface area contributed by atoms with E-state index in [4.69, 9.17) is 16.0 Å². The van der Waals surface area contributed by atoms with Gasteiger partial charge in [-0.15, -0.1) is 0 Å². The first-order chi connectivity index (χ1) is 8.58. The lowest BCUT2D eigenvalue weighted by Crippen LogP contribution is -2.26. The van der Waals surface area contributed by atoms with Crippen LogP contribution in [-0.2, 0) is 0 Å². The fourth-order valence-electron chi connectivity index (χ4n) is 1.56. The number of furan rings is 1. The maximum atomic E-state index is 11.9. The average molecular weight is 329 g/mol. The number of hydrogen-bond acceptors (Lipinski definition) is 2. The molecule has 0 aliphatic carbocycles. The van der Waals surface area contributed by atoms with Gasteiger partial charge in [0.05, 0.1) is 17.9 Å². The van der Waals surface area contributed by atoms with E-state index in [-0.39, 0.29) is 17.2 Å². The van der Waals surface area contributed by atoms with Crippen molar-refractivity contribution in [2.45, 2.75) is 13.0 Å². The van der Waals surface area contributed by atoms with Crippen LogP contribution in [-0.4, -0.2) is 5.91 Å². The summed E-state index contributed by atoms with van der Waals surface area (Å²) in [7, 11) is 0. The lowest BCUT2D eigenvalue weighted by molar-refractivity contribution is 0.0939. The minimum Gasteiger partial charge on any atom is -0.452 e. The summed E-state index contributed by atoms with van der Waals surface area (Å²) < 4.78 is 5.89. The molecule has 0 radical (unpaired) electrons. The van der Waals surface area contributed by atoms with Crippen molar-refractivity contribution in [1.29, 1.82) is 0 Å². The standard InChI is InChI=1S/C13H11BrClNO2/c1-8(9-2-4-10(14)5-3-9)16-13(17)11-6-7-18-12(11)15/h2-8H,1H3,(H,16,17). The Balaban J connectivity index is 2.08. The molecule has 1 atom stereocenters. The molecular formula is C13H11BrClNO2. The number of carbonyl (C=O) groups excluding carboxylic acids is 1. The molecule has 0 saturated heterocycles. The Morgan fingerprint density at radius 2 is 2.00 bits per heavy atom. The monoisotopic (exact) mass is 327 g/mol. The third-order valence-electron chi connectivity index (χ3n) is 2.58. The van der Waals surface area contributed by atoms with Gasteiger partial charge in [0.25, 0.3) is 5.91 Å². The summed E-state index contributed by atoms with van der Waals surface area (Å²) in [4.78, 5) is 11.9. The van der Waals surface area contributed by atoms with E-state index in [9.17, 15) is 4.79 Å². The molecule has 1 heterocycles. The van der Waals surface area contributed by atoms with Crippen molar-refractivity contribution in [3.63, 3.8) is 0 Å². The molecule has 94 valence electrons. The largest absolute Gasteiger partial charge is 0.452 e. The highest BCUT2D eigenvalue weighted by molar-refractivity contribution is 9.10. The summed E-state index contributed by atoms with van der Waals surface area (Å²) in [6.45, 7) is 1.91. The van der Waals surface area contributed by atoms with E-state index < -0.39 is 0 Å². The predicted octanol–water partition coefficient (Wildman–Crippen LogP) is 4.19. The first kappa shape index (κ1) is 13.2. The molecule has 1 N–H and O–H groups in total. The fraction of sp³-hybridized carbons (Fsp3) is 0.154. The Labute approximate surface area is 118 Å². The first-order valence-electron chi connectivity index (χ1n) is 5.37.